The van der Waals surface area contributed by atoms with Gasteiger partial charge in [-0.1, -0.05) is 0 Å². The van der Waals surface area contributed by atoms with E-state index in [1.165, 1.54) is 44.9 Å². The Balaban J connectivity index is 1.09. The summed E-state index contributed by atoms with van der Waals surface area (Å²) in [4.78, 5) is 21.5. The first-order valence-electron chi connectivity index (χ1n) is 12.8. The molecule has 3 aromatic rings. The number of nitrogens with zero attached hydrogens (tertiary/aromatic N) is 4. The Bertz CT molecular complexity index is 1230. The summed E-state index contributed by atoms with van der Waals surface area (Å²) < 4.78 is 7.77. The van der Waals surface area contributed by atoms with Crippen LogP contribution >= 0.6 is 0 Å². The molecule has 0 saturated heterocycles. The van der Waals surface area contributed by atoms with Gasteiger partial charge in [0.1, 0.15) is 12.1 Å². The van der Waals surface area contributed by atoms with Crippen LogP contribution in [0.5, 0.6) is 11.6 Å². The summed E-state index contributed by atoms with van der Waals surface area (Å²) in [6.45, 7) is 6.06. The van der Waals surface area contributed by atoms with Gasteiger partial charge in [0.2, 0.25) is 11.8 Å². The molecule has 4 saturated carbocycles. The van der Waals surface area contributed by atoms with E-state index in [2.05, 4.69) is 27.3 Å². The maximum absolute atomic E-state index is 12.9. The van der Waals surface area contributed by atoms with Crippen LogP contribution in [-0.4, -0.2) is 25.7 Å². The monoisotopic (exact) mass is 471 g/mol. The SMILES string of the molecule is Cc1nn(-c2cc(Oc3ccc(NC(=O)CC45CC6CC(CC(C6)C4)C5)cc3)ncn2)c(C)c1C. The number of benzene rings is 1. The molecule has 4 bridgehead atoms. The van der Waals surface area contributed by atoms with E-state index < -0.39 is 0 Å². The molecule has 7 rings (SSSR count). The van der Waals surface area contributed by atoms with Crippen molar-refractivity contribution in [1.29, 1.82) is 0 Å². The number of hydrogen-bond donors (Lipinski definition) is 1. The van der Waals surface area contributed by atoms with Crippen LogP contribution in [0.3, 0.4) is 0 Å². The summed E-state index contributed by atoms with van der Waals surface area (Å²) in [6, 6.07) is 9.27. The van der Waals surface area contributed by atoms with E-state index in [1.54, 1.807) is 6.07 Å². The molecule has 0 aliphatic heterocycles. The summed E-state index contributed by atoms with van der Waals surface area (Å²) in [5, 5.41) is 7.69. The van der Waals surface area contributed by atoms with Gasteiger partial charge < -0.3 is 10.1 Å². The molecule has 182 valence electrons. The smallest absolute Gasteiger partial charge is 0.224 e. The molecule has 0 unspecified atom stereocenters. The molecule has 0 atom stereocenters. The highest BCUT2D eigenvalue weighted by atomic mass is 16.5. The molecule has 4 aliphatic carbocycles. The highest BCUT2D eigenvalue weighted by Crippen LogP contribution is 2.61. The van der Waals surface area contributed by atoms with Crippen molar-refractivity contribution in [1.82, 2.24) is 19.7 Å². The largest absolute Gasteiger partial charge is 0.439 e. The minimum atomic E-state index is 0.140. The third-order valence-corrected chi connectivity index (χ3v) is 8.56. The Morgan fingerprint density at radius 2 is 1.69 bits per heavy atom. The molecule has 4 aliphatic rings. The Morgan fingerprint density at radius 1 is 1.03 bits per heavy atom. The number of carbonyl (C=O) groups is 1. The quantitative estimate of drug-likeness (QED) is 0.482. The molecule has 1 N–H and O–H groups in total. The van der Waals surface area contributed by atoms with Crippen LogP contribution in [-0.2, 0) is 4.79 Å². The maximum Gasteiger partial charge on any atom is 0.224 e. The second-order valence-electron chi connectivity index (χ2n) is 11.2. The van der Waals surface area contributed by atoms with E-state index >= 15 is 0 Å². The van der Waals surface area contributed by atoms with Gasteiger partial charge in [-0.05, 0) is 112 Å². The number of nitrogens with one attached hydrogen (secondary N) is 1. The number of hydrogen-bond acceptors (Lipinski definition) is 5. The van der Waals surface area contributed by atoms with Crippen molar-refractivity contribution in [3.8, 4) is 17.4 Å². The second kappa shape index (κ2) is 8.47. The van der Waals surface area contributed by atoms with Crippen molar-refractivity contribution in [2.75, 3.05) is 5.32 Å². The Labute approximate surface area is 206 Å². The number of anilines is 1. The fraction of sp³-hybridized carbons (Fsp3) is 0.500. The molecular weight excluding hydrogens is 438 g/mol. The van der Waals surface area contributed by atoms with Gasteiger partial charge >= 0.3 is 0 Å². The van der Waals surface area contributed by atoms with E-state index in [4.69, 9.17) is 4.74 Å². The molecule has 7 nitrogen and oxygen atoms in total. The first-order valence-corrected chi connectivity index (χ1v) is 12.8. The van der Waals surface area contributed by atoms with Crippen molar-refractivity contribution < 1.29 is 9.53 Å². The number of ether oxygens (including phenoxy) is 1. The van der Waals surface area contributed by atoms with Gasteiger partial charge in [0, 0.05) is 23.9 Å². The lowest BCUT2D eigenvalue weighted by atomic mass is 9.49. The summed E-state index contributed by atoms with van der Waals surface area (Å²) >= 11 is 0. The van der Waals surface area contributed by atoms with Gasteiger partial charge in [-0.25, -0.2) is 14.6 Å². The minimum Gasteiger partial charge on any atom is -0.439 e. The lowest BCUT2D eigenvalue weighted by Crippen LogP contribution is -2.47. The van der Waals surface area contributed by atoms with Crippen molar-refractivity contribution in [3.63, 3.8) is 0 Å². The van der Waals surface area contributed by atoms with E-state index in [1.807, 2.05) is 42.8 Å². The highest BCUT2D eigenvalue weighted by Gasteiger charge is 2.51. The summed E-state index contributed by atoms with van der Waals surface area (Å²) in [6.07, 6.45) is 10.1. The molecule has 1 amide bonds. The zero-order valence-electron chi connectivity index (χ0n) is 20.8. The van der Waals surface area contributed by atoms with Crippen molar-refractivity contribution in [2.45, 2.75) is 65.7 Å². The van der Waals surface area contributed by atoms with Crippen LogP contribution < -0.4 is 10.1 Å². The van der Waals surface area contributed by atoms with Crippen LogP contribution in [0.15, 0.2) is 36.7 Å². The first-order chi connectivity index (χ1) is 16.9. The average Bonchev–Trinajstić information content (AvgIpc) is 3.06. The van der Waals surface area contributed by atoms with Crippen molar-refractivity contribution in [3.05, 3.63) is 53.6 Å². The minimum absolute atomic E-state index is 0.140. The predicted molar refractivity (Wildman–Crippen MR) is 134 cm³/mol. The van der Waals surface area contributed by atoms with Gasteiger partial charge in [0.15, 0.2) is 5.82 Å². The number of carbonyl (C=O) groups excluding carboxylic acids is 1. The van der Waals surface area contributed by atoms with Crippen LogP contribution in [0.2, 0.25) is 0 Å². The average molecular weight is 472 g/mol. The lowest BCUT2D eigenvalue weighted by molar-refractivity contribution is -0.124. The third kappa shape index (κ3) is 4.32. The Morgan fingerprint density at radius 3 is 2.29 bits per heavy atom. The van der Waals surface area contributed by atoms with Crippen LogP contribution in [0.4, 0.5) is 5.69 Å². The number of rotatable bonds is 6. The Hall–Kier alpha value is -3.22. The second-order valence-corrected chi connectivity index (χ2v) is 11.2. The zero-order chi connectivity index (χ0) is 24.2. The molecule has 7 heteroatoms. The van der Waals surface area contributed by atoms with Gasteiger partial charge in [-0.2, -0.15) is 5.10 Å². The van der Waals surface area contributed by atoms with Crippen molar-refractivity contribution >= 4 is 11.6 Å². The molecule has 4 fully saturated rings. The first kappa shape index (κ1) is 22.3. The van der Waals surface area contributed by atoms with Gasteiger partial charge in [0.05, 0.1) is 5.69 Å². The third-order valence-electron chi connectivity index (χ3n) is 8.56. The van der Waals surface area contributed by atoms with Gasteiger partial charge in [-0.3, -0.25) is 4.79 Å². The Kier molecular flexibility index (Phi) is 5.38. The molecule has 1 aromatic carbocycles. The topological polar surface area (TPSA) is 81.9 Å². The predicted octanol–water partition coefficient (Wildman–Crippen LogP) is 5.92. The van der Waals surface area contributed by atoms with E-state index in [-0.39, 0.29) is 11.3 Å². The van der Waals surface area contributed by atoms with Gasteiger partial charge in [0.25, 0.3) is 0 Å². The molecule has 35 heavy (non-hydrogen) atoms. The molecule has 0 radical (unpaired) electrons. The van der Waals surface area contributed by atoms with Crippen LogP contribution in [0.25, 0.3) is 5.82 Å². The molecule has 2 aromatic heterocycles. The fourth-order valence-electron chi connectivity index (χ4n) is 7.22. The van der Waals surface area contributed by atoms with E-state index in [0.717, 1.165) is 40.4 Å². The number of aryl methyl sites for hydroxylation is 1. The van der Waals surface area contributed by atoms with E-state index in [0.29, 0.717) is 23.9 Å². The summed E-state index contributed by atoms with van der Waals surface area (Å²) in [5.41, 5.74) is 4.21. The van der Waals surface area contributed by atoms with Crippen LogP contribution in [0, 0.1) is 43.9 Å². The zero-order valence-corrected chi connectivity index (χ0v) is 20.8. The van der Waals surface area contributed by atoms with Crippen LogP contribution in [0.1, 0.15) is 61.9 Å². The molecular formula is C28H33N5O2. The number of amides is 1. The molecule has 2 heterocycles. The lowest BCUT2D eigenvalue weighted by Gasteiger charge is -2.56. The fourth-order valence-corrected chi connectivity index (χ4v) is 7.22. The maximum atomic E-state index is 12.9. The highest BCUT2D eigenvalue weighted by molar-refractivity contribution is 5.91. The van der Waals surface area contributed by atoms with Gasteiger partial charge in [-0.15, -0.1) is 0 Å². The number of aromatic nitrogens is 4. The standard InChI is InChI=1S/C28H33N5O2/c1-17-18(2)32-33(19(17)3)25-11-27(30-16-29-25)35-24-6-4-23(5-7-24)31-26(34)15-28-12-20-8-21(13-28)10-22(9-20)14-28/h4-7,11,16,20-22H,8-10,12-15H2,1-3H3,(H,31,34). The summed E-state index contributed by atoms with van der Waals surface area (Å²) in [7, 11) is 0. The normalized spacial score (nSPS) is 26.7. The van der Waals surface area contributed by atoms with E-state index in [9.17, 15) is 4.79 Å². The van der Waals surface area contributed by atoms with Crippen molar-refractivity contribution in [2.24, 2.45) is 23.2 Å². The summed E-state index contributed by atoms with van der Waals surface area (Å²) in [5.74, 6) is 4.48. The molecule has 0 spiro atoms.